The van der Waals surface area contributed by atoms with Gasteiger partial charge < -0.3 is 5.32 Å². The van der Waals surface area contributed by atoms with Gasteiger partial charge in [-0.15, -0.1) is 13.2 Å². The van der Waals surface area contributed by atoms with Crippen molar-refractivity contribution in [1.82, 2.24) is 10.4 Å². The summed E-state index contributed by atoms with van der Waals surface area (Å²) in [6, 6.07) is 8.64. The summed E-state index contributed by atoms with van der Waals surface area (Å²) in [6.45, 7) is -0.117. The lowest BCUT2D eigenvalue weighted by atomic mass is 9.88. The molecular weight excluding hydrogens is 261 g/mol. The number of likely N-dealkylation sites (N-methyl/N-ethyl adjacent to an activating group) is 1. The Hall–Kier alpha value is -1.60. The summed E-state index contributed by atoms with van der Waals surface area (Å²) in [6.07, 6.45) is -4.65. The molecule has 1 saturated heterocycles. The monoisotopic (exact) mass is 274 g/mol. The summed E-state index contributed by atoms with van der Waals surface area (Å²) in [5.74, 6) is -0.737. The summed E-state index contributed by atoms with van der Waals surface area (Å²) >= 11 is 0. The van der Waals surface area contributed by atoms with Crippen LogP contribution in [-0.2, 0) is 15.2 Å². The van der Waals surface area contributed by atoms with Crippen LogP contribution >= 0.6 is 0 Å². The highest BCUT2D eigenvalue weighted by atomic mass is 19.4. The fourth-order valence-electron chi connectivity index (χ4n) is 2.27. The summed E-state index contributed by atoms with van der Waals surface area (Å²) in [4.78, 5) is 15.9. The van der Waals surface area contributed by atoms with E-state index in [1.807, 2.05) is 0 Å². The second kappa shape index (κ2) is 4.82. The van der Waals surface area contributed by atoms with Crippen LogP contribution < -0.4 is 5.32 Å². The number of amides is 1. The van der Waals surface area contributed by atoms with Crippen molar-refractivity contribution in [3.63, 3.8) is 0 Å². The van der Waals surface area contributed by atoms with Crippen molar-refractivity contribution in [2.45, 2.75) is 18.3 Å². The number of halogens is 3. The van der Waals surface area contributed by atoms with Gasteiger partial charge in [-0.25, -0.2) is 5.06 Å². The highest BCUT2D eigenvalue weighted by Crippen LogP contribution is 2.35. The van der Waals surface area contributed by atoms with Crippen molar-refractivity contribution in [2.24, 2.45) is 0 Å². The number of nitrogens with zero attached hydrogens (tertiary/aromatic N) is 1. The Morgan fingerprint density at radius 1 is 1.32 bits per heavy atom. The molecule has 0 bridgehead atoms. The molecule has 1 N–H and O–H groups in total. The van der Waals surface area contributed by atoms with Crippen molar-refractivity contribution >= 4 is 5.91 Å². The standard InChI is InChI=1S/C12H13F3N2O2/c1-16-11(9-5-3-2-4-6-9)7-8-17(10(11)18)19-12(13,14)15/h2-6,16H,7-8H2,1H3/t11-/m1/s1. The van der Waals surface area contributed by atoms with E-state index < -0.39 is 17.8 Å². The number of alkyl halides is 3. The number of nitrogens with one attached hydrogen (secondary N) is 1. The molecular formula is C12H13F3N2O2. The molecule has 1 heterocycles. The molecule has 0 spiro atoms. The average molecular weight is 274 g/mol. The highest BCUT2D eigenvalue weighted by molar-refractivity contribution is 5.89. The van der Waals surface area contributed by atoms with Crippen LogP contribution in [0.3, 0.4) is 0 Å². The van der Waals surface area contributed by atoms with E-state index in [4.69, 9.17) is 0 Å². The molecule has 4 nitrogen and oxygen atoms in total. The first-order valence-electron chi connectivity index (χ1n) is 5.71. The minimum Gasteiger partial charge on any atom is -0.303 e. The molecule has 1 aliphatic rings. The molecule has 104 valence electrons. The first-order valence-corrected chi connectivity index (χ1v) is 5.71. The predicted octanol–water partition coefficient (Wildman–Crippen LogP) is 1.79. The van der Waals surface area contributed by atoms with Crippen LogP contribution in [0.5, 0.6) is 0 Å². The Morgan fingerprint density at radius 2 is 1.95 bits per heavy atom. The zero-order valence-corrected chi connectivity index (χ0v) is 10.2. The molecule has 1 aromatic carbocycles. The maximum absolute atomic E-state index is 12.2. The van der Waals surface area contributed by atoms with Gasteiger partial charge in [-0.1, -0.05) is 30.3 Å². The van der Waals surface area contributed by atoms with Gasteiger partial charge in [-0.2, -0.15) is 4.84 Å². The molecule has 1 fully saturated rings. The van der Waals surface area contributed by atoms with Crippen LogP contribution in [0.1, 0.15) is 12.0 Å². The third-order valence-electron chi connectivity index (χ3n) is 3.19. The van der Waals surface area contributed by atoms with E-state index in [1.165, 1.54) is 0 Å². The molecule has 2 rings (SSSR count). The zero-order chi connectivity index (χ0) is 14.1. The minimum atomic E-state index is -4.86. The summed E-state index contributed by atoms with van der Waals surface area (Å²) < 4.78 is 36.6. The Morgan fingerprint density at radius 3 is 2.47 bits per heavy atom. The first kappa shape index (κ1) is 13.8. The van der Waals surface area contributed by atoms with E-state index >= 15 is 0 Å². The van der Waals surface area contributed by atoms with Gasteiger partial charge in [-0.05, 0) is 19.0 Å². The molecule has 0 radical (unpaired) electrons. The van der Waals surface area contributed by atoms with E-state index in [1.54, 1.807) is 37.4 Å². The average Bonchev–Trinajstić information content (AvgIpc) is 2.67. The van der Waals surface area contributed by atoms with Crippen LogP contribution in [0, 0.1) is 0 Å². The Kier molecular flexibility index (Phi) is 3.51. The zero-order valence-electron chi connectivity index (χ0n) is 10.2. The Balaban J connectivity index is 2.27. The molecule has 1 amide bonds. The second-order valence-electron chi connectivity index (χ2n) is 4.22. The van der Waals surface area contributed by atoms with Gasteiger partial charge in [0, 0.05) is 0 Å². The van der Waals surface area contributed by atoms with Gasteiger partial charge in [0.25, 0.3) is 5.91 Å². The van der Waals surface area contributed by atoms with Crippen LogP contribution in [0.25, 0.3) is 0 Å². The third-order valence-corrected chi connectivity index (χ3v) is 3.19. The van der Waals surface area contributed by atoms with Crippen molar-refractivity contribution < 1.29 is 22.8 Å². The maximum Gasteiger partial charge on any atom is 0.544 e. The lowest BCUT2D eigenvalue weighted by Crippen LogP contribution is -2.48. The van der Waals surface area contributed by atoms with Gasteiger partial charge in [0.1, 0.15) is 5.54 Å². The second-order valence-corrected chi connectivity index (χ2v) is 4.22. The van der Waals surface area contributed by atoms with Crippen LogP contribution in [0.4, 0.5) is 13.2 Å². The molecule has 1 aromatic rings. The van der Waals surface area contributed by atoms with Crippen molar-refractivity contribution in [2.75, 3.05) is 13.6 Å². The Bertz CT molecular complexity index is 464. The normalized spacial score (nSPS) is 24.0. The van der Waals surface area contributed by atoms with E-state index in [0.717, 1.165) is 0 Å². The number of hydrogen-bond acceptors (Lipinski definition) is 3. The largest absolute Gasteiger partial charge is 0.544 e. The van der Waals surface area contributed by atoms with Gasteiger partial charge in [-0.3, -0.25) is 4.79 Å². The minimum absolute atomic E-state index is 0.117. The van der Waals surface area contributed by atoms with Crippen LogP contribution in [0.2, 0.25) is 0 Å². The quantitative estimate of drug-likeness (QED) is 0.913. The van der Waals surface area contributed by atoms with E-state index in [2.05, 4.69) is 10.2 Å². The van der Waals surface area contributed by atoms with E-state index in [-0.39, 0.29) is 13.0 Å². The number of hydrogen-bond donors (Lipinski definition) is 1. The third kappa shape index (κ3) is 2.57. The molecule has 7 heteroatoms. The number of benzene rings is 1. The lowest BCUT2D eigenvalue weighted by molar-refractivity contribution is -0.399. The van der Waals surface area contributed by atoms with Crippen molar-refractivity contribution in [1.29, 1.82) is 0 Å². The fourth-order valence-corrected chi connectivity index (χ4v) is 2.27. The molecule has 0 aromatic heterocycles. The number of hydroxylamine groups is 2. The summed E-state index contributed by atoms with van der Waals surface area (Å²) in [5.41, 5.74) is -0.539. The smallest absolute Gasteiger partial charge is 0.303 e. The SMILES string of the molecule is CN[C@@]1(c2ccccc2)CCN(OC(F)(F)F)C1=O. The molecule has 0 aliphatic carbocycles. The van der Waals surface area contributed by atoms with Crippen LogP contribution in [-0.4, -0.2) is 30.9 Å². The first-order chi connectivity index (χ1) is 8.89. The highest BCUT2D eigenvalue weighted by Gasteiger charge is 2.50. The molecule has 0 unspecified atom stereocenters. The number of carbonyl (C=O) groups is 1. The number of rotatable bonds is 3. The molecule has 0 saturated carbocycles. The molecule has 19 heavy (non-hydrogen) atoms. The van der Waals surface area contributed by atoms with Crippen molar-refractivity contribution in [3.05, 3.63) is 35.9 Å². The van der Waals surface area contributed by atoms with Gasteiger partial charge in [0.2, 0.25) is 0 Å². The summed E-state index contributed by atoms with van der Waals surface area (Å²) in [5, 5.41) is 3.19. The number of carbonyl (C=O) groups excluding carboxylic acids is 1. The van der Waals surface area contributed by atoms with E-state index in [9.17, 15) is 18.0 Å². The fraction of sp³-hybridized carbons (Fsp3) is 0.417. The predicted molar refractivity (Wildman–Crippen MR) is 60.6 cm³/mol. The lowest BCUT2D eigenvalue weighted by Gasteiger charge is -2.27. The van der Waals surface area contributed by atoms with E-state index in [0.29, 0.717) is 10.6 Å². The Labute approximate surface area is 108 Å². The van der Waals surface area contributed by atoms with Gasteiger partial charge >= 0.3 is 6.36 Å². The van der Waals surface area contributed by atoms with Crippen LogP contribution in [0.15, 0.2) is 30.3 Å². The van der Waals surface area contributed by atoms with Gasteiger partial charge in [0.15, 0.2) is 0 Å². The maximum atomic E-state index is 12.2. The van der Waals surface area contributed by atoms with Gasteiger partial charge in [0.05, 0.1) is 6.54 Å². The molecule has 1 atom stereocenters. The molecule has 1 aliphatic heterocycles. The topological polar surface area (TPSA) is 41.6 Å². The summed E-state index contributed by atoms with van der Waals surface area (Å²) in [7, 11) is 1.54. The van der Waals surface area contributed by atoms with Crippen molar-refractivity contribution in [3.8, 4) is 0 Å².